The fourth-order valence-corrected chi connectivity index (χ4v) is 1.72. The van der Waals surface area contributed by atoms with Gasteiger partial charge in [0.1, 0.15) is 0 Å². The van der Waals surface area contributed by atoms with Gasteiger partial charge in [-0.25, -0.2) is 0 Å². The molecule has 18 heavy (non-hydrogen) atoms. The molecule has 0 aromatic carbocycles. The summed E-state index contributed by atoms with van der Waals surface area (Å²) < 4.78 is 0. The van der Waals surface area contributed by atoms with Crippen molar-refractivity contribution >= 4 is 11.7 Å². The van der Waals surface area contributed by atoms with Gasteiger partial charge in [0.2, 0.25) is 5.91 Å². The molecule has 1 amide bonds. The van der Waals surface area contributed by atoms with Gasteiger partial charge in [0.25, 0.3) is 0 Å². The summed E-state index contributed by atoms with van der Waals surface area (Å²) in [5.74, 6) is -0.0103. The molecule has 0 saturated heterocycles. The first-order valence-electron chi connectivity index (χ1n) is 6.76. The Bertz CT molecular complexity index is 244. The lowest BCUT2D eigenvalue weighted by Gasteiger charge is -2.15. The van der Waals surface area contributed by atoms with Crippen LogP contribution >= 0.6 is 0 Å². The second-order valence-electron chi connectivity index (χ2n) is 4.58. The van der Waals surface area contributed by atoms with Crippen molar-refractivity contribution in [3.8, 4) is 0 Å². The molecule has 0 aromatic rings. The average Bonchev–Trinajstić information content (AvgIpc) is 2.33. The number of carbonyl (C=O) groups excluding carboxylic acids is 2. The second-order valence-corrected chi connectivity index (χ2v) is 4.58. The minimum Gasteiger partial charge on any atom is -0.346 e. The van der Waals surface area contributed by atoms with E-state index in [2.05, 4.69) is 10.6 Å². The van der Waals surface area contributed by atoms with Gasteiger partial charge in [0, 0.05) is 6.42 Å². The molecule has 0 rings (SSSR count). The van der Waals surface area contributed by atoms with Gasteiger partial charge in [-0.15, -0.1) is 0 Å². The highest BCUT2D eigenvalue weighted by Crippen LogP contribution is 2.03. The van der Waals surface area contributed by atoms with E-state index in [0.717, 1.165) is 38.6 Å². The summed E-state index contributed by atoms with van der Waals surface area (Å²) in [4.78, 5) is 23.0. The first-order chi connectivity index (χ1) is 8.61. The van der Waals surface area contributed by atoms with Crippen LogP contribution in [0.3, 0.4) is 0 Å². The van der Waals surface area contributed by atoms with Crippen LogP contribution < -0.4 is 16.4 Å². The Hall–Kier alpha value is -0.940. The number of nitrogens with two attached hydrogens (primary N) is 1. The summed E-state index contributed by atoms with van der Waals surface area (Å²) >= 11 is 0. The van der Waals surface area contributed by atoms with Crippen molar-refractivity contribution in [3.63, 3.8) is 0 Å². The van der Waals surface area contributed by atoms with E-state index < -0.39 is 0 Å². The van der Waals surface area contributed by atoms with E-state index in [1.807, 2.05) is 7.05 Å². The van der Waals surface area contributed by atoms with E-state index in [0.29, 0.717) is 13.0 Å². The maximum absolute atomic E-state index is 11.6. The van der Waals surface area contributed by atoms with E-state index >= 15 is 0 Å². The van der Waals surface area contributed by atoms with Gasteiger partial charge in [-0.05, 0) is 59.2 Å². The molecule has 0 saturated carbocycles. The van der Waals surface area contributed by atoms with Crippen LogP contribution in [-0.2, 0) is 9.59 Å². The van der Waals surface area contributed by atoms with E-state index in [1.165, 1.54) is 6.92 Å². The van der Waals surface area contributed by atoms with E-state index in [9.17, 15) is 9.59 Å². The number of Topliss-reactive ketones (excluding diaryl/α,β-unsaturated/α-hetero) is 1. The van der Waals surface area contributed by atoms with Crippen LogP contribution in [0, 0.1) is 0 Å². The minimum absolute atomic E-state index is 0.0339. The van der Waals surface area contributed by atoms with Gasteiger partial charge >= 0.3 is 0 Å². The molecule has 4 N–H and O–H groups in total. The number of carbonyl (C=O) groups is 2. The lowest BCUT2D eigenvalue weighted by molar-refractivity contribution is -0.127. The number of rotatable bonds is 11. The van der Waals surface area contributed by atoms with Crippen LogP contribution in [0.25, 0.3) is 0 Å². The molecule has 0 aliphatic heterocycles. The molecule has 0 fully saturated rings. The molecule has 0 aliphatic rings. The topological polar surface area (TPSA) is 84.2 Å². The fraction of sp³-hybridized carbons (Fsp3) is 0.846. The summed E-state index contributed by atoms with van der Waals surface area (Å²) in [6, 6.07) is -0.327. The Morgan fingerprint density at radius 2 is 1.89 bits per heavy atom. The Balaban J connectivity index is 3.88. The molecule has 1 atom stereocenters. The lowest BCUT2D eigenvalue weighted by Crippen LogP contribution is -2.39. The van der Waals surface area contributed by atoms with E-state index in [1.54, 1.807) is 0 Å². The highest BCUT2D eigenvalue weighted by atomic mass is 16.2. The van der Waals surface area contributed by atoms with Crippen molar-refractivity contribution in [2.24, 2.45) is 5.73 Å². The van der Waals surface area contributed by atoms with Gasteiger partial charge in [-0.3, -0.25) is 9.59 Å². The predicted octanol–water partition coefficient (Wildman–Crippen LogP) is 0.579. The molecule has 0 bridgehead atoms. The van der Waals surface area contributed by atoms with Gasteiger partial charge in [-0.2, -0.15) is 0 Å². The standard InChI is InChI=1S/C13H27N3O2/c1-11(17)12(7-4-6-10-15-2)16-13(18)8-3-5-9-14/h12,15H,3-10,14H2,1-2H3,(H,16,18). The van der Waals surface area contributed by atoms with Gasteiger partial charge in [0.05, 0.1) is 6.04 Å². The normalized spacial score (nSPS) is 12.2. The van der Waals surface area contributed by atoms with Crippen LogP contribution in [0.2, 0.25) is 0 Å². The van der Waals surface area contributed by atoms with Crippen LogP contribution in [0.4, 0.5) is 0 Å². The predicted molar refractivity (Wildman–Crippen MR) is 73.3 cm³/mol. The molecule has 0 spiro atoms. The van der Waals surface area contributed by atoms with E-state index in [4.69, 9.17) is 5.73 Å². The number of nitrogens with one attached hydrogen (secondary N) is 2. The number of hydrogen-bond acceptors (Lipinski definition) is 4. The van der Waals surface area contributed by atoms with Gasteiger partial charge in [-0.1, -0.05) is 0 Å². The molecule has 106 valence electrons. The number of amides is 1. The SMILES string of the molecule is CNCCCCC(NC(=O)CCCCN)C(C)=O. The van der Waals surface area contributed by atoms with Crippen molar-refractivity contribution in [2.45, 2.75) is 51.5 Å². The maximum Gasteiger partial charge on any atom is 0.220 e. The first kappa shape index (κ1) is 17.1. The maximum atomic E-state index is 11.6. The lowest BCUT2D eigenvalue weighted by atomic mass is 10.1. The van der Waals surface area contributed by atoms with Crippen LogP contribution in [-0.4, -0.2) is 37.9 Å². The molecule has 0 heterocycles. The zero-order chi connectivity index (χ0) is 13.8. The third-order valence-corrected chi connectivity index (χ3v) is 2.85. The highest BCUT2D eigenvalue weighted by molar-refractivity contribution is 5.87. The average molecular weight is 257 g/mol. The molecule has 5 heteroatoms. The van der Waals surface area contributed by atoms with Gasteiger partial charge in [0.15, 0.2) is 5.78 Å². The Morgan fingerprint density at radius 3 is 2.44 bits per heavy atom. The van der Waals surface area contributed by atoms with Crippen molar-refractivity contribution < 1.29 is 9.59 Å². The zero-order valence-corrected chi connectivity index (χ0v) is 11.6. The van der Waals surface area contributed by atoms with Crippen molar-refractivity contribution in [1.29, 1.82) is 0 Å². The van der Waals surface area contributed by atoms with E-state index in [-0.39, 0.29) is 17.7 Å². The number of ketones is 1. The zero-order valence-electron chi connectivity index (χ0n) is 11.6. The molecular formula is C13H27N3O2. The molecule has 0 aliphatic carbocycles. The molecule has 0 radical (unpaired) electrons. The summed E-state index contributed by atoms with van der Waals surface area (Å²) in [5, 5.41) is 5.86. The molecule has 0 aromatic heterocycles. The smallest absolute Gasteiger partial charge is 0.220 e. The third-order valence-electron chi connectivity index (χ3n) is 2.85. The fourth-order valence-electron chi connectivity index (χ4n) is 1.72. The highest BCUT2D eigenvalue weighted by Gasteiger charge is 2.15. The summed E-state index contributed by atoms with van der Waals surface area (Å²) in [6.45, 7) is 3.07. The van der Waals surface area contributed by atoms with Crippen LogP contribution in [0.1, 0.15) is 45.4 Å². The second kappa shape index (κ2) is 11.2. The quantitative estimate of drug-likeness (QED) is 0.473. The largest absolute Gasteiger partial charge is 0.346 e. The monoisotopic (exact) mass is 257 g/mol. The Morgan fingerprint density at radius 1 is 1.17 bits per heavy atom. The molecular weight excluding hydrogens is 230 g/mol. The first-order valence-corrected chi connectivity index (χ1v) is 6.76. The third kappa shape index (κ3) is 9.13. The summed E-state index contributed by atoms with van der Waals surface area (Å²) in [6.07, 6.45) is 4.77. The summed E-state index contributed by atoms with van der Waals surface area (Å²) in [5.41, 5.74) is 5.37. The Labute approximate surface area is 110 Å². The van der Waals surface area contributed by atoms with Crippen molar-refractivity contribution in [1.82, 2.24) is 10.6 Å². The van der Waals surface area contributed by atoms with Crippen molar-refractivity contribution in [2.75, 3.05) is 20.1 Å². The van der Waals surface area contributed by atoms with Gasteiger partial charge < -0.3 is 16.4 Å². The van der Waals surface area contributed by atoms with Crippen LogP contribution in [0.5, 0.6) is 0 Å². The number of hydrogen-bond donors (Lipinski definition) is 3. The van der Waals surface area contributed by atoms with Crippen LogP contribution in [0.15, 0.2) is 0 Å². The minimum atomic E-state index is -0.327. The van der Waals surface area contributed by atoms with Crippen molar-refractivity contribution in [3.05, 3.63) is 0 Å². The molecule has 1 unspecified atom stereocenters. The molecule has 5 nitrogen and oxygen atoms in total. The summed E-state index contributed by atoms with van der Waals surface area (Å²) in [7, 11) is 1.90. The number of unbranched alkanes of at least 4 members (excludes halogenated alkanes) is 2. The Kier molecular flexibility index (Phi) is 10.6.